The van der Waals surface area contributed by atoms with Crippen LogP contribution in [0.5, 0.6) is 5.75 Å². The van der Waals surface area contributed by atoms with E-state index in [0.717, 1.165) is 22.4 Å². The lowest BCUT2D eigenvalue weighted by Gasteiger charge is -2.13. The highest BCUT2D eigenvalue weighted by atomic mass is 19.1. The highest BCUT2D eigenvalue weighted by Gasteiger charge is 2.31. The van der Waals surface area contributed by atoms with Gasteiger partial charge in [-0.15, -0.1) is 13.2 Å². The molecule has 0 bridgehead atoms. The van der Waals surface area contributed by atoms with Gasteiger partial charge in [-0.1, -0.05) is 62.4 Å². The van der Waals surface area contributed by atoms with Gasteiger partial charge in [0.2, 0.25) is 0 Å². The minimum Gasteiger partial charge on any atom is -0.489 e. The third kappa shape index (κ3) is 9.16. The number of rotatable bonds is 9. The zero-order valence-corrected chi connectivity index (χ0v) is 19.0. The molecule has 0 aliphatic carbocycles. The summed E-state index contributed by atoms with van der Waals surface area (Å²) in [6.45, 7) is 14.8. The summed E-state index contributed by atoms with van der Waals surface area (Å²) in [5, 5.41) is 0. The molecule has 5 nitrogen and oxygen atoms in total. The van der Waals surface area contributed by atoms with Crippen LogP contribution in [0.4, 0.5) is 9.18 Å². The van der Waals surface area contributed by atoms with Crippen molar-refractivity contribution in [1.82, 2.24) is 9.88 Å². The molecule has 1 atom stereocenters. The van der Waals surface area contributed by atoms with Gasteiger partial charge < -0.3 is 14.4 Å². The van der Waals surface area contributed by atoms with Crippen molar-refractivity contribution in [1.29, 1.82) is 0 Å². The van der Waals surface area contributed by atoms with Crippen molar-refractivity contribution in [2.75, 3.05) is 13.2 Å². The van der Waals surface area contributed by atoms with Gasteiger partial charge in [0.05, 0.1) is 6.54 Å². The molecule has 172 valence electrons. The van der Waals surface area contributed by atoms with E-state index in [9.17, 15) is 9.18 Å². The van der Waals surface area contributed by atoms with Gasteiger partial charge in [-0.3, -0.25) is 4.98 Å². The Bertz CT molecular complexity index is 838. The van der Waals surface area contributed by atoms with Crippen LogP contribution in [-0.2, 0) is 17.9 Å². The van der Waals surface area contributed by atoms with Crippen molar-refractivity contribution in [2.24, 2.45) is 0 Å². The molecule has 3 rings (SSSR count). The standard InChI is InChI=1S/C22H23FN2O3.C2H6.C2H4/c1-17(3-2-10-23)13-21-15-25(22(26)28-21)14-18-4-6-19(7-5-18)16-27-20-8-11-24-12-9-20;2*1-2/h2-9,11-12,21H,1,10,13-16H2;1-2H3;1-2H2/b3-2-;;. The average Bonchev–Trinajstić information content (AvgIpc) is 3.18. The van der Waals surface area contributed by atoms with Crippen molar-refractivity contribution in [3.05, 3.63) is 97.4 Å². The van der Waals surface area contributed by atoms with E-state index >= 15 is 0 Å². The normalized spacial score (nSPS) is 14.7. The van der Waals surface area contributed by atoms with Crippen LogP contribution in [0.25, 0.3) is 0 Å². The van der Waals surface area contributed by atoms with E-state index in [1.807, 2.05) is 50.2 Å². The summed E-state index contributed by atoms with van der Waals surface area (Å²) < 4.78 is 23.2. The third-order valence-electron chi connectivity index (χ3n) is 4.33. The summed E-state index contributed by atoms with van der Waals surface area (Å²) in [7, 11) is 0. The maximum Gasteiger partial charge on any atom is 0.410 e. The van der Waals surface area contributed by atoms with Crippen molar-refractivity contribution >= 4 is 6.09 Å². The Balaban J connectivity index is 0.00000121. The number of hydrogen-bond donors (Lipinski definition) is 0. The topological polar surface area (TPSA) is 51.7 Å². The second-order valence-electron chi connectivity index (χ2n) is 6.59. The molecule has 2 aromatic rings. The van der Waals surface area contributed by atoms with Crippen LogP contribution >= 0.6 is 0 Å². The number of allylic oxidation sites excluding steroid dienone is 2. The second kappa shape index (κ2) is 15.4. The largest absolute Gasteiger partial charge is 0.489 e. The van der Waals surface area contributed by atoms with Crippen molar-refractivity contribution in [3.63, 3.8) is 0 Å². The molecule has 1 aromatic heterocycles. The van der Waals surface area contributed by atoms with Crippen LogP contribution in [-0.4, -0.2) is 35.3 Å². The first-order valence-electron chi connectivity index (χ1n) is 10.6. The quantitative estimate of drug-likeness (QED) is 0.340. The Morgan fingerprint density at radius 2 is 1.81 bits per heavy atom. The highest BCUT2D eigenvalue weighted by Crippen LogP contribution is 2.20. The van der Waals surface area contributed by atoms with E-state index in [0.29, 0.717) is 26.1 Å². The zero-order valence-electron chi connectivity index (χ0n) is 19.0. The molecule has 0 radical (unpaired) electrons. The monoisotopic (exact) mass is 440 g/mol. The minimum absolute atomic E-state index is 0.253. The summed E-state index contributed by atoms with van der Waals surface area (Å²) in [4.78, 5) is 17.7. The SMILES string of the molecule is C=C.C=C(/C=C\CF)CC1CN(Cc2ccc(COc3ccncc3)cc2)C(=O)O1.CC. The smallest absolute Gasteiger partial charge is 0.410 e. The number of aromatic nitrogens is 1. The molecule has 2 heterocycles. The third-order valence-corrected chi connectivity index (χ3v) is 4.33. The summed E-state index contributed by atoms with van der Waals surface area (Å²) in [5.41, 5.74) is 2.80. The minimum atomic E-state index is -0.529. The van der Waals surface area contributed by atoms with Crippen LogP contribution in [0.2, 0.25) is 0 Å². The van der Waals surface area contributed by atoms with Crippen LogP contribution in [0.1, 0.15) is 31.4 Å². The van der Waals surface area contributed by atoms with E-state index in [1.54, 1.807) is 23.4 Å². The number of nitrogens with zero attached hydrogens (tertiary/aromatic N) is 2. The fourth-order valence-corrected chi connectivity index (χ4v) is 2.94. The first-order valence-corrected chi connectivity index (χ1v) is 10.6. The number of amides is 1. The van der Waals surface area contributed by atoms with Crippen LogP contribution in [0.15, 0.2) is 86.3 Å². The highest BCUT2D eigenvalue weighted by molar-refractivity contribution is 5.70. The molecule has 0 spiro atoms. The maximum absolute atomic E-state index is 12.2. The van der Waals surface area contributed by atoms with Crippen LogP contribution < -0.4 is 4.74 Å². The molecule has 1 aliphatic rings. The predicted molar refractivity (Wildman–Crippen MR) is 127 cm³/mol. The van der Waals surface area contributed by atoms with Gasteiger partial charge >= 0.3 is 6.09 Å². The summed E-state index contributed by atoms with van der Waals surface area (Å²) in [6.07, 6.45) is 6.32. The number of benzene rings is 1. The van der Waals surface area contributed by atoms with Crippen molar-refractivity contribution in [3.8, 4) is 5.75 Å². The number of ether oxygens (including phenoxy) is 2. The lowest BCUT2D eigenvalue weighted by Crippen LogP contribution is -2.24. The molecule has 0 N–H and O–H groups in total. The number of pyridine rings is 1. The Kier molecular flexibility index (Phi) is 12.8. The first kappa shape index (κ1) is 26.6. The fourth-order valence-electron chi connectivity index (χ4n) is 2.94. The van der Waals surface area contributed by atoms with Crippen LogP contribution in [0, 0.1) is 0 Å². The van der Waals surface area contributed by atoms with Gasteiger partial charge in [0.1, 0.15) is 25.1 Å². The van der Waals surface area contributed by atoms with Gasteiger partial charge in [0.15, 0.2) is 0 Å². The van der Waals surface area contributed by atoms with Gasteiger partial charge in [-0.05, 0) is 23.3 Å². The molecular formula is C26H33FN2O3. The Hall–Kier alpha value is -3.41. The second-order valence-corrected chi connectivity index (χ2v) is 6.59. The Labute approximate surface area is 190 Å². The Morgan fingerprint density at radius 1 is 1.19 bits per heavy atom. The zero-order chi connectivity index (χ0) is 23.8. The molecule has 1 fully saturated rings. The fraction of sp³-hybridized carbons (Fsp3) is 0.308. The number of carbonyl (C=O) groups excluding carboxylic acids is 1. The van der Waals surface area contributed by atoms with Gasteiger partial charge in [0, 0.05) is 25.4 Å². The summed E-state index contributed by atoms with van der Waals surface area (Å²) in [6, 6.07) is 11.6. The lowest BCUT2D eigenvalue weighted by molar-refractivity contribution is 0.132. The van der Waals surface area contributed by atoms with Gasteiger partial charge in [0.25, 0.3) is 0 Å². The van der Waals surface area contributed by atoms with Gasteiger partial charge in [-0.2, -0.15) is 0 Å². The van der Waals surface area contributed by atoms with Gasteiger partial charge in [-0.25, -0.2) is 9.18 Å². The summed E-state index contributed by atoms with van der Waals surface area (Å²) >= 11 is 0. The number of halogens is 1. The molecule has 1 aliphatic heterocycles. The molecule has 1 unspecified atom stereocenters. The predicted octanol–water partition coefficient (Wildman–Crippen LogP) is 6.28. The van der Waals surface area contributed by atoms with E-state index in [2.05, 4.69) is 24.7 Å². The number of cyclic esters (lactones) is 1. The summed E-state index contributed by atoms with van der Waals surface area (Å²) in [5.74, 6) is 0.771. The Morgan fingerprint density at radius 3 is 2.44 bits per heavy atom. The molecular weight excluding hydrogens is 407 g/mol. The van der Waals surface area contributed by atoms with E-state index < -0.39 is 6.67 Å². The van der Waals surface area contributed by atoms with E-state index in [-0.39, 0.29) is 12.2 Å². The van der Waals surface area contributed by atoms with Crippen molar-refractivity contribution in [2.45, 2.75) is 39.5 Å². The number of hydrogen-bond acceptors (Lipinski definition) is 4. The van der Waals surface area contributed by atoms with E-state index in [4.69, 9.17) is 9.47 Å². The first-order chi connectivity index (χ1) is 15.6. The molecule has 32 heavy (non-hydrogen) atoms. The average molecular weight is 441 g/mol. The number of carbonyl (C=O) groups is 1. The van der Waals surface area contributed by atoms with Crippen LogP contribution in [0.3, 0.4) is 0 Å². The van der Waals surface area contributed by atoms with Crippen molar-refractivity contribution < 1.29 is 18.7 Å². The molecule has 6 heteroatoms. The van der Waals surface area contributed by atoms with E-state index in [1.165, 1.54) is 6.08 Å². The lowest BCUT2D eigenvalue weighted by atomic mass is 10.1. The molecule has 1 aromatic carbocycles. The molecule has 1 amide bonds. The number of alkyl halides is 1. The molecule has 1 saturated heterocycles. The maximum atomic E-state index is 12.2. The molecule has 0 saturated carbocycles.